The molecule has 0 radical (unpaired) electrons. The van der Waals surface area contributed by atoms with E-state index in [2.05, 4.69) is 74.7 Å². The summed E-state index contributed by atoms with van der Waals surface area (Å²) < 4.78 is 68.8. The van der Waals surface area contributed by atoms with E-state index in [1.807, 2.05) is 90.1 Å². The summed E-state index contributed by atoms with van der Waals surface area (Å²) in [7, 11) is -4.12. The second kappa shape index (κ2) is 33.4. The molecule has 4 N–H and O–H groups in total. The SMILES string of the molecule is CC(=O)OC[C@H]1O[C@H](c2cccc(O[Si](C)(C)C(C)(C)C)c2)[C@@H](O)[C@@H](O)[C@@H]1C.CC[C@H]1O[C@H](OC(=N)C(Cl)(Cl)Cl)[C@@H](OC(C)=O)[C@@H](C)[C@@H]1C.CC[C@H]1O[C@H](O[C@H]2[C@H](C)[C@@H](COC(C)=O)O[C@H](c3cccc(O[Si](C)(C)C(C)(C)C)c3)[C@H]2O)[C@@H](OC(C)=O)[C@@H](C)[C@@H]1C. The quantitative estimate of drug-likeness (QED) is 0.0286. The van der Waals surface area contributed by atoms with Crippen LogP contribution in [-0.4, -0.2) is 152 Å². The predicted octanol–water partition coefficient (Wildman–Crippen LogP) is 12.9. The standard InChI is InChI=1S/C32H52O9Si.C21H34O6Si.C13H20Cl3NO4/c1-12-25-18(2)19(3)29(37-22(6)34)31(39-25)40-28-20(4)26(17-36-21(5)33)38-30(27(28)35)23-14-13-15-24(16-23)41-42(10,11)32(7,8)9;1-13-17(12-25-14(2)22)26-20(19(24)18(13)23)15-9-8-10-16(11-15)27-28(6,7)21(3,4)5;1-5-9-6(2)7(3)10(19-8(4)18)11(20-9)21-12(17)13(14,15)16/h13-16,18-20,25-31,35H,12,17H2,1-11H3;8-11,13,17-20,23-24H,12H2,1-7H3;6-7,9-11,17H,5H2,1-4H3/t18-,19-,20+,25+,26+,27-,28-,29-,30+,31+;13-,17-,18+,19+,20-;6-,7-,9+,10-,11+/m010/s1. The van der Waals surface area contributed by atoms with Crippen molar-refractivity contribution in [1.82, 2.24) is 0 Å². The molecule has 0 aliphatic carbocycles. The van der Waals surface area contributed by atoms with Crippen molar-refractivity contribution in [3.05, 3.63) is 59.7 Å². The molecule has 4 aliphatic heterocycles. The molecule has 2 aromatic rings. The maximum Gasteiger partial charge on any atom is 0.303 e. The van der Waals surface area contributed by atoms with Gasteiger partial charge in [-0.3, -0.25) is 24.6 Å². The van der Waals surface area contributed by atoms with Crippen LogP contribution in [-0.2, 0) is 66.5 Å². The van der Waals surface area contributed by atoms with E-state index in [-0.39, 0.29) is 71.0 Å². The number of carbonyl (C=O) groups excluding carboxylic acids is 4. The number of benzene rings is 2. The summed E-state index contributed by atoms with van der Waals surface area (Å²) in [6.45, 7) is 43.0. The van der Waals surface area contributed by atoms with Crippen molar-refractivity contribution < 1.29 is 90.7 Å². The Morgan fingerprint density at radius 3 is 1.26 bits per heavy atom. The molecule has 20 nitrogen and oxygen atoms in total. The van der Waals surface area contributed by atoms with Gasteiger partial charge in [-0.15, -0.1) is 0 Å². The lowest BCUT2D eigenvalue weighted by atomic mass is 9.82. The molecule has 4 heterocycles. The molecular formula is C66H106Cl3NO19Si2. The molecule has 518 valence electrons. The number of alkyl halides is 3. The normalized spacial score (nSPS) is 32.2. The van der Waals surface area contributed by atoms with Crippen LogP contribution in [0.15, 0.2) is 48.5 Å². The Kier molecular flexibility index (Phi) is 29.3. The van der Waals surface area contributed by atoms with Crippen LogP contribution in [0.2, 0.25) is 36.3 Å². The minimum atomic E-state index is -2.12. The van der Waals surface area contributed by atoms with Gasteiger partial charge in [0.25, 0.3) is 3.79 Å². The lowest BCUT2D eigenvalue weighted by Crippen LogP contribution is -2.58. The molecule has 20 atom stereocenters. The minimum Gasteiger partial charge on any atom is -0.543 e. The first-order valence-electron chi connectivity index (χ1n) is 31.7. The van der Waals surface area contributed by atoms with Gasteiger partial charge in [-0.1, -0.05) is 156 Å². The highest BCUT2D eigenvalue weighted by molar-refractivity contribution is 6.76. The van der Waals surface area contributed by atoms with Gasteiger partial charge in [0.15, 0.2) is 18.5 Å². The molecule has 4 saturated heterocycles. The van der Waals surface area contributed by atoms with Crippen molar-refractivity contribution in [2.24, 2.45) is 35.5 Å². The molecule has 0 aromatic heterocycles. The van der Waals surface area contributed by atoms with E-state index in [1.54, 1.807) is 6.92 Å². The molecule has 0 spiro atoms. The number of carbonyl (C=O) groups is 4. The van der Waals surface area contributed by atoms with Crippen molar-refractivity contribution in [3.63, 3.8) is 0 Å². The molecule has 91 heavy (non-hydrogen) atoms. The summed E-state index contributed by atoms with van der Waals surface area (Å²) in [4.78, 5) is 46.2. The third-order valence-corrected chi connectivity index (χ3v) is 28.3. The van der Waals surface area contributed by atoms with Gasteiger partial charge in [-0.2, -0.15) is 0 Å². The Morgan fingerprint density at radius 2 is 0.890 bits per heavy atom. The number of rotatable bonds is 17. The smallest absolute Gasteiger partial charge is 0.303 e. The van der Waals surface area contributed by atoms with Crippen molar-refractivity contribution in [1.29, 1.82) is 5.41 Å². The van der Waals surface area contributed by atoms with Gasteiger partial charge in [-0.05, 0) is 96.3 Å². The summed E-state index contributed by atoms with van der Waals surface area (Å²) in [6.07, 6.45) is -8.30. The topological polar surface area (TPSA) is 264 Å². The second-order valence-electron chi connectivity index (χ2n) is 27.9. The highest BCUT2D eigenvalue weighted by Crippen LogP contribution is 2.45. The van der Waals surface area contributed by atoms with Gasteiger partial charge in [-0.25, -0.2) is 0 Å². The average Bonchev–Trinajstić information content (AvgIpc) is 0.802. The zero-order chi connectivity index (χ0) is 69.2. The summed E-state index contributed by atoms with van der Waals surface area (Å²) >= 11 is 16.8. The van der Waals surface area contributed by atoms with Gasteiger partial charge in [0.05, 0.1) is 36.6 Å². The monoisotopic (exact) mass is 1380 g/mol. The van der Waals surface area contributed by atoms with Crippen molar-refractivity contribution in [2.75, 3.05) is 13.2 Å². The van der Waals surface area contributed by atoms with Crippen molar-refractivity contribution in [2.45, 2.75) is 263 Å². The van der Waals surface area contributed by atoms with E-state index < -0.39 is 124 Å². The molecule has 25 heteroatoms. The number of aliphatic hydroxyl groups is 3. The van der Waals surface area contributed by atoms with Crippen LogP contribution < -0.4 is 8.85 Å². The van der Waals surface area contributed by atoms with E-state index in [1.165, 1.54) is 27.7 Å². The van der Waals surface area contributed by atoms with Gasteiger partial charge in [0.1, 0.15) is 49.1 Å². The minimum absolute atomic E-state index is 0.00363. The van der Waals surface area contributed by atoms with Gasteiger partial charge >= 0.3 is 23.9 Å². The number of ether oxygens (including phenoxy) is 10. The van der Waals surface area contributed by atoms with Crippen LogP contribution in [0, 0.1) is 40.9 Å². The van der Waals surface area contributed by atoms with E-state index in [9.17, 15) is 34.5 Å². The molecule has 2 aromatic carbocycles. The van der Waals surface area contributed by atoms with Crippen LogP contribution >= 0.6 is 34.8 Å². The molecular weight excluding hydrogens is 1270 g/mol. The fourth-order valence-electron chi connectivity index (χ4n) is 10.8. The molecule has 4 fully saturated rings. The van der Waals surface area contributed by atoms with E-state index in [0.29, 0.717) is 5.75 Å². The number of hydrogen-bond donors (Lipinski definition) is 4. The van der Waals surface area contributed by atoms with Crippen LogP contribution in [0.1, 0.15) is 161 Å². The Hall–Kier alpha value is -3.63. The fourth-order valence-corrected chi connectivity index (χ4v) is 13.0. The first-order valence-corrected chi connectivity index (χ1v) is 38.7. The van der Waals surface area contributed by atoms with Crippen LogP contribution in [0.4, 0.5) is 0 Å². The van der Waals surface area contributed by atoms with Crippen LogP contribution in [0.25, 0.3) is 0 Å². The third kappa shape index (κ3) is 21.7. The molecule has 0 unspecified atom stereocenters. The first kappa shape index (κ1) is 79.8. The maximum absolute atomic E-state index is 12.1. The predicted molar refractivity (Wildman–Crippen MR) is 353 cm³/mol. The summed E-state index contributed by atoms with van der Waals surface area (Å²) in [5.74, 6) is -1.30. The Labute approximate surface area is 557 Å². The van der Waals surface area contributed by atoms with Gasteiger partial charge in [0, 0.05) is 51.4 Å². The number of halogens is 3. The molecule has 4 aliphatic rings. The number of nitrogens with one attached hydrogen (secondary N) is 1. The maximum atomic E-state index is 12.1. The summed E-state index contributed by atoms with van der Waals surface area (Å²) in [6, 6.07) is 15.1. The highest BCUT2D eigenvalue weighted by atomic mass is 35.6. The van der Waals surface area contributed by atoms with Gasteiger partial charge < -0.3 is 71.5 Å². The molecule has 6 rings (SSSR count). The van der Waals surface area contributed by atoms with E-state index in [4.69, 9.17) is 96.4 Å². The highest BCUT2D eigenvalue weighted by Gasteiger charge is 2.52. The van der Waals surface area contributed by atoms with Crippen LogP contribution in [0.3, 0.4) is 0 Å². The van der Waals surface area contributed by atoms with Gasteiger partial charge in [0.2, 0.25) is 28.8 Å². The number of esters is 4. The lowest BCUT2D eigenvalue weighted by molar-refractivity contribution is -0.321. The first-order chi connectivity index (χ1) is 41.9. The van der Waals surface area contributed by atoms with Crippen LogP contribution in [0.5, 0.6) is 11.5 Å². The zero-order valence-electron chi connectivity index (χ0n) is 57.5. The summed E-state index contributed by atoms with van der Waals surface area (Å²) in [5.41, 5.74) is 1.45. The Balaban J connectivity index is 0.000000312. The van der Waals surface area contributed by atoms with E-state index in [0.717, 1.165) is 29.7 Å². The molecule has 0 amide bonds. The largest absolute Gasteiger partial charge is 0.543 e. The molecule has 0 saturated carbocycles. The fraction of sp³-hybridized carbons (Fsp3) is 0.742. The van der Waals surface area contributed by atoms with E-state index >= 15 is 0 Å². The average molecular weight is 1380 g/mol. The second-order valence-corrected chi connectivity index (χ2v) is 39.6. The number of aliphatic hydroxyl groups excluding tert-OH is 3. The third-order valence-electron chi connectivity index (χ3n) is 19.0. The Bertz CT molecular complexity index is 2710. The Morgan fingerprint density at radius 1 is 0.505 bits per heavy atom. The van der Waals surface area contributed by atoms with Crippen molar-refractivity contribution in [3.8, 4) is 11.5 Å². The molecule has 0 bridgehead atoms. The lowest BCUT2D eigenvalue weighted by Gasteiger charge is -2.48. The summed E-state index contributed by atoms with van der Waals surface area (Å²) in [5, 5.41) is 40.6. The number of hydrogen-bond acceptors (Lipinski definition) is 20. The zero-order valence-corrected chi connectivity index (χ0v) is 61.8. The van der Waals surface area contributed by atoms with Crippen molar-refractivity contribution >= 4 is 81.2 Å².